The molecule has 4 rings (SSSR count). The van der Waals surface area contributed by atoms with Crippen molar-refractivity contribution in [2.45, 2.75) is 51.2 Å². The fourth-order valence-corrected chi connectivity index (χ4v) is 4.76. The number of rotatable bonds is 5. The van der Waals surface area contributed by atoms with Crippen molar-refractivity contribution < 1.29 is 18.7 Å². The zero-order valence-electron chi connectivity index (χ0n) is 18.8. The van der Waals surface area contributed by atoms with Crippen LogP contribution in [0.15, 0.2) is 12.3 Å². The monoisotopic (exact) mass is 480 g/mol. The smallest absolute Gasteiger partial charge is 0.330 e. The van der Waals surface area contributed by atoms with Crippen molar-refractivity contribution in [2.75, 3.05) is 35.8 Å². The summed E-state index contributed by atoms with van der Waals surface area (Å²) in [5, 5.41) is 12.7. The zero-order valence-corrected chi connectivity index (χ0v) is 19.5. The summed E-state index contributed by atoms with van der Waals surface area (Å²) in [5.41, 5.74) is 0.196. The Morgan fingerprint density at radius 2 is 1.97 bits per heavy atom. The number of hydrogen-bond donors (Lipinski definition) is 2. The summed E-state index contributed by atoms with van der Waals surface area (Å²) in [6.45, 7) is 1.96. The number of aromatic nitrogens is 2. The number of nitrogens with one attached hydrogen (secondary N) is 1. The first-order chi connectivity index (χ1) is 15.7. The number of nitrogens with zero attached hydrogens (tertiary/aromatic N) is 5. The van der Waals surface area contributed by atoms with Crippen LogP contribution in [0, 0.1) is 11.6 Å². The number of anilines is 3. The second-order valence-electron chi connectivity index (χ2n) is 8.62. The van der Waals surface area contributed by atoms with Crippen molar-refractivity contribution in [3.63, 3.8) is 0 Å². The Kier molecular flexibility index (Phi) is 6.58. The van der Waals surface area contributed by atoms with Gasteiger partial charge in [-0.1, -0.05) is 11.6 Å². The fraction of sp³-hybridized carbons (Fsp3) is 0.500. The molecule has 1 aromatic carbocycles. The number of urea groups is 1. The number of aromatic hydroxyl groups is 1. The number of phenols is 1. The minimum atomic E-state index is -1.29. The maximum absolute atomic E-state index is 14.7. The molecule has 0 saturated heterocycles. The summed E-state index contributed by atoms with van der Waals surface area (Å²) >= 11 is 6.04. The van der Waals surface area contributed by atoms with Crippen LogP contribution in [-0.4, -0.2) is 58.7 Å². The minimum absolute atomic E-state index is 0.0688. The number of fused-ring (bicyclic) bond motifs is 1. The highest BCUT2D eigenvalue weighted by molar-refractivity contribution is 6.34. The van der Waals surface area contributed by atoms with Gasteiger partial charge in [0.15, 0.2) is 17.4 Å². The highest BCUT2D eigenvalue weighted by atomic mass is 35.5. The van der Waals surface area contributed by atoms with Crippen LogP contribution in [-0.2, 0) is 6.54 Å². The molecule has 0 atom stereocenters. The van der Waals surface area contributed by atoms with Crippen LogP contribution < -0.4 is 15.1 Å². The number of amides is 2. The first-order valence-electron chi connectivity index (χ1n) is 11.0. The highest BCUT2D eigenvalue weighted by Gasteiger charge is 2.36. The van der Waals surface area contributed by atoms with Crippen molar-refractivity contribution in [3.05, 3.63) is 34.5 Å². The van der Waals surface area contributed by atoms with Crippen LogP contribution in [0.3, 0.4) is 0 Å². The molecule has 0 bridgehead atoms. The van der Waals surface area contributed by atoms with E-state index in [0.717, 1.165) is 36.6 Å². The van der Waals surface area contributed by atoms with Crippen molar-refractivity contribution in [1.82, 2.24) is 14.9 Å². The molecule has 33 heavy (non-hydrogen) atoms. The van der Waals surface area contributed by atoms with Gasteiger partial charge in [0, 0.05) is 30.4 Å². The lowest BCUT2D eigenvalue weighted by atomic mass is 9.91. The third-order valence-electron chi connectivity index (χ3n) is 6.36. The molecule has 0 spiro atoms. The topological polar surface area (TPSA) is 84.8 Å². The van der Waals surface area contributed by atoms with Gasteiger partial charge in [0.2, 0.25) is 5.95 Å². The van der Waals surface area contributed by atoms with Gasteiger partial charge in [-0.2, -0.15) is 4.98 Å². The third kappa shape index (κ3) is 4.41. The summed E-state index contributed by atoms with van der Waals surface area (Å²) in [6.07, 6.45) is 5.76. The van der Waals surface area contributed by atoms with E-state index < -0.39 is 23.4 Å². The number of carbonyl (C=O) groups excluding carboxylic acids is 1. The van der Waals surface area contributed by atoms with Crippen LogP contribution in [0.5, 0.6) is 5.75 Å². The summed E-state index contributed by atoms with van der Waals surface area (Å²) < 4.78 is 28.3. The Bertz CT molecular complexity index is 1060. The van der Waals surface area contributed by atoms with Crippen molar-refractivity contribution in [1.29, 1.82) is 0 Å². The Morgan fingerprint density at radius 3 is 2.61 bits per heavy atom. The lowest BCUT2D eigenvalue weighted by molar-refractivity contribution is 0.221. The van der Waals surface area contributed by atoms with Gasteiger partial charge in [-0.3, -0.25) is 9.80 Å². The standard InChI is InChI=1S/C22H27ClF2N6O2/c1-4-30-20-12(10-26-21(28-20)27-13-5-7-14(8-6-13)29(2)3)11-31(22(30)33)18-15(23)9-16(24)19(32)17(18)25/h9-10,13-14,32H,4-8,11H2,1-3H3,(H,26,27,28). The second-order valence-corrected chi connectivity index (χ2v) is 9.03. The van der Waals surface area contributed by atoms with E-state index in [2.05, 4.69) is 34.3 Å². The second kappa shape index (κ2) is 9.26. The summed E-state index contributed by atoms with van der Waals surface area (Å²) in [7, 11) is 4.19. The van der Waals surface area contributed by atoms with Gasteiger partial charge in [-0.05, 0) is 52.8 Å². The molecule has 1 aliphatic carbocycles. The van der Waals surface area contributed by atoms with Gasteiger partial charge >= 0.3 is 6.03 Å². The molecule has 1 fully saturated rings. The highest BCUT2D eigenvalue weighted by Crippen LogP contribution is 2.40. The van der Waals surface area contributed by atoms with E-state index in [4.69, 9.17) is 11.6 Å². The number of halogens is 3. The van der Waals surface area contributed by atoms with Gasteiger partial charge in [0.25, 0.3) is 0 Å². The zero-order chi connectivity index (χ0) is 23.9. The maximum Gasteiger partial charge on any atom is 0.330 e. The largest absolute Gasteiger partial charge is 0.503 e. The molecule has 2 aromatic rings. The predicted molar refractivity (Wildman–Crippen MR) is 123 cm³/mol. The fourth-order valence-electron chi connectivity index (χ4n) is 4.48. The number of hydrogen-bond acceptors (Lipinski definition) is 6. The van der Waals surface area contributed by atoms with E-state index in [-0.39, 0.29) is 29.8 Å². The van der Waals surface area contributed by atoms with Crippen molar-refractivity contribution in [3.8, 4) is 5.75 Å². The van der Waals surface area contributed by atoms with Gasteiger partial charge in [0.05, 0.1) is 11.6 Å². The van der Waals surface area contributed by atoms with Gasteiger partial charge < -0.3 is 15.3 Å². The normalized spacial score (nSPS) is 20.9. The molecule has 2 N–H and O–H groups in total. The molecule has 2 aliphatic rings. The van der Waals surface area contributed by atoms with Gasteiger partial charge in [-0.25, -0.2) is 18.6 Å². The minimum Gasteiger partial charge on any atom is -0.503 e. The quantitative estimate of drug-likeness (QED) is 0.661. The van der Waals surface area contributed by atoms with E-state index in [1.54, 1.807) is 13.1 Å². The Hall–Kier alpha value is -2.72. The third-order valence-corrected chi connectivity index (χ3v) is 6.64. The molecular weight excluding hydrogens is 454 g/mol. The SMILES string of the molecule is CCN1C(=O)N(c2c(Cl)cc(F)c(O)c2F)Cc2cnc(NC3CCC(N(C)C)CC3)nc21. The Balaban J connectivity index is 1.59. The van der Waals surface area contributed by atoms with E-state index in [0.29, 0.717) is 23.4 Å². The molecule has 8 nitrogen and oxygen atoms in total. The summed E-state index contributed by atoms with van der Waals surface area (Å²) in [5.74, 6) is -2.81. The van der Waals surface area contributed by atoms with Crippen molar-refractivity contribution in [2.24, 2.45) is 0 Å². The molecule has 178 valence electrons. The van der Waals surface area contributed by atoms with Crippen LogP contribution in [0.1, 0.15) is 38.2 Å². The van der Waals surface area contributed by atoms with Crippen LogP contribution in [0.2, 0.25) is 5.02 Å². The molecule has 1 aromatic heterocycles. The van der Waals surface area contributed by atoms with Crippen LogP contribution in [0.25, 0.3) is 0 Å². The summed E-state index contributed by atoms with van der Waals surface area (Å²) in [4.78, 5) is 26.9. The van der Waals surface area contributed by atoms with E-state index in [9.17, 15) is 18.7 Å². The molecule has 1 aliphatic heterocycles. The average molecular weight is 481 g/mol. The van der Waals surface area contributed by atoms with E-state index in [1.165, 1.54) is 4.90 Å². The molecule has 1 saturated carbocycles. The molecule has 0 unspecified atom stereocenters. The summed E-state index contributed by atoms with van der Waals surface area (Å²) in [6, 6.07) is 1.03. The molecule has 0 radical (unpaired) electrons. The van der Waals surface area contributed by atoms with Gasteiger partial charge in [-0.15, -0.1) is 0 Å². The Labute approximate surface area is 196 Å². The molecular formula is C22H27ClF2N6O2. The van der Waals surface area contributed by atoms with Crippen LogP contribution in [0.4, 0.5) is 31.0 Å². The van der Waals surface area contributed by atoms with Crippen LogP contribution >= 0.6 is 11.6 Å². The molecule has 2 amide bonds. The van der Waals surface area contributed by atoms with E-state index >= 15 is 0 Å². The molecule has 11 heteroatoms. The molecule has 2 heterocycles. The number of carbonyl (C=O) groups is 1. The number of benzene rings is 1. The Morgan fingerprint density at radius 1 is 1.27 bits per heavy atom. The van der Waals surface area contributed by atoms with Crippen molar-refractivity contribution >= 4 is 35.1 Å². The number of phenolic OH excluding ortho intramolecular Hbond substituents is 1. The first-order valence-corrected chi connectivity index (χ1v) is 11.3. The van der Waals surface area contributed by atoms with Gasteiger partial charge in [0.1, 0.15) is 11.5 Å². The first kappa shape index (κ1) is 23.4. The lowest BCUT2D eigenvalue weighted by Crippen LogP contribution is -2.48. The maximum atomic E-state index is 14.7. The predicted octanol–water partition coefficient (Wildman–Crippen LogP) is 4.37. The lowest BCUT2D eigenvalue weighted by Gasteiger charge is -2.36. The van der Waals surface area contributed by atoms with E-state index in [1.807, 2.05) is 0 Å². The average Bonchev–Trinajstić information content (AvgIpc) is 2.78.